The second kappa shape index (κ2) is 11.0. The molecule has 0 radical (unpaired) electrons. The molecule has 1 saturated heterocycles. The van der Waals surface area contributed by atoms with Crippen molar-refractivity contribution in [3.05, 3.63) is 51.6 Å². The van der Waals surface area contributed by atoms with E-state index in [9.17, 15) is 4.79 Å². The van der Waals surface area contributed by atoms with Crippen LogP contribution < -0.4 is 10.2 Å². The Morgan fingerprint density at radius 1 is 1.27 bits per heavy atom. The van der Waals surface area contributed by atoms with Crippen LogP contribution in [0, 0.1) is 0 Å². The van der Waals surface area contributed by atoms with E-state index in [1.807, 2.05) is 17.9 Å². The molecule has 0 saturated carbocycles. The lowest BCUT2D eigenvalue weighted by Gasteiger charge is -2.37. The molecule has 4 rings (SSSR count). The summed E-state index contributed by atoms with van der Waals surface area (Å²) in [4.78, 5) is 27.7. The zero-order chi connectivity index (χ0) is 23.2. The molecule has 33 heavy (non-hydrogen) atoms. The van der Waals surface area contributed by atoms with Gasteiger partial charge in [0.05, 0.1) is 18.2 Å². The molecule has 2 aromatic rings. The number of anilines is 1. The highest BCUT2D eigenvalue weighted by Crippen LogP contribution is 2.31. The second-order valence-corrected chi connectivity index (χ2v) is 9.42. The van der Waals surface area contributed by atoms with Gasteiger partial charge in [0.25, 0.3) is 0 Å². The van der Waals surface area contributed by atoms with E-state index in [1.165, 1.54) is 4.88 Å². The molecule has 0 aliphatic carbocycles. The predicted octanol–water partition coefficient (Wildman–Crippen LogP) is 3.08. The van der Waals surface area contributed by atoms with Crippen LogP contribution >= 0.6 is 23.6 Å². The minimum absolute atomic E-state index is 0.183. The fourth-order valence-corrected chi connectivity index (χ4v) is 5.14. The minimum atomic E-state index is -0.474. The van der Waals surface area contributed by atoms with Gasteiger partial charge in [-0.2, -0.15) is 0 Å². The summed E-state index contributed by atoms with van der Waals surface area (Å²) in [5, 5.41) is 5.97. The summed E-state index contributed by atoms with van der Waals surface area (Å²) in [7, 11) is 1.58. The Hall–Kier alpha value is -2.56. The number of nitrogens with one attached hydrogen (secondary N) is 1. The first kappa shape index (κ1) is 23.6. The van der Waals surface area contributed by atoms with Crippen molar-refractivity contribution in [2.45, 2.75) is 32.2 Å². The number of hydrogen-bond donors (Lipinski definition) is 1. The Labute approximate surface area is 203 Å². The zero-order valence-corrected chi connectivity index (χ0v) is 20.6. The fraction of sp³-hybridized carbons (Fsp3) is 0.478. The number of aromatic nitrogens is 2. The van der Waals surface area contributed by atoms with Crippen molar-refractivity contribution in [2.75, 3.05) is 44.9 Å². The second-order valence-electron chi connectivity index (χ2n) is 8.00. The van der Waals surface area contributed by atoms with Crippen LogP contribution in [0.25, 0.3) is 0 Å². The maximum atomic E-state index is 13.1. The third-order valence-electron chi connectivity index (χ3n) is 5.88. The van der Waals surface area contributed by atoms with E-state index in [0.717, 1.165) is 49.6 Å². The lowest BCUT2D eigenvalue weighted by molar-refractivity contribution is -0.140. The van der Waals surface area contributed by atoms with E-state index in [2.05, 4.69) is 31.6 Å². The molecule has 0 spiro atoms. The summed E-state index contributed by atoms with van der Waals surface area (Å²) < 4.78 is 10.5. The maximum absolute atomic E-state index is 13.1. The molecule has 1 atom stereocenters. The molecule has 0 amide bonds. The Kier molecular flexibility index (Phi) is 7.89. The molecule has 0 unspecified atom stereocenters. The maximum Gasteiger partial charge on any atom is 0.338 e. The first-order valence-corrected chi connectivity index (χ1v) is 12.4. The van der Waals surface area contributed by atoms with Crippen molar-refractivity contribution in [3.8, 4) is 0 Å². The number of ether oxygens (including phenoxy) is 2. The average Bonchev–Trinajstić information content (AvgIpc) is 3.53. The molecule has 0 bridgehead atoms. The van der Waals surface area contributed by atoms with E-state index < -0.39 is 12.0 Å². The van der Waals surface area contributed by atoms with Gasteiger partial charge in [-0.05, 0) is 49.9 Å². The standard InChI is InChI=1S/C23H29N5O3S2/c1-16-19(21(29)31-12-11-30-2)20(17-14-24-22(25-15-17)27-8-3-4-9-27)26-23(32)28(16)10-7-18-6-5-13-33-18/h5-6,13-15,20H,3-4,7-12H2,1-2H3,(H,26,32)/t20-/m0/s1. The highest BCUT2D eigenvalue weighted by molar-refractivity contribution is 7.80. The van der Waals surface area contributed by atoms with Gasteiger partial charge in [-0.15, -0.1) is 11.3 Å². The molecule has 4 heterocycles. The number of hydrogen-bond acceptors (Lipinski definition) is 8. The van der Waals surface area contributed by atoms with E-state index in [1.54, 1.807) is 30.8 Å². The molecule has 1 fully saturated rings. The molecule has 176 valence electrons. The molecular formula is C23H29N5O3S2. The van der Waals surface area contributed by atoms with Crippen LogP contribution in [0.5, 0.6) is 0 Å². The number of thiophene rings is 1. The normalized spacial score (nSPS) is 18.6. The number of methoxy groups -OCH3 is 1. The molecule has 2 aliphatic heterocycles. The SMILES string of the molecule is COCCOC(=O)C1=C(C)N(CCc2cccs2)C(=S)N[C@H]1c1cnc(N2CCCC2)nc1. The Morgan fingerprint density at radius 2 is 2.03 bits per heavy atom. The molecule has 2 aromatic heterocycles. The Morgan fingerprint density at radius 3 is 2.70 bits per heavy atom. The minimum Gasteiger partial charge on any atom is -0.460 e. The van der Waals surface area contributed by atoms with Crippen molar-refractivity contribution in [1.29, 1.82) is 0 Å². The van der Waals surface area contributed by atoms with Crippen LogP contribution in [0.3, 0.4) is 0 Å². The number of carbonyl (C=O) groups is 1. The summed E-state index contributed by atoms with van der Waals surface area (Å²) in [5.74, 6) is 0.325. The van der Waals surface area contributed by atoms with Crippen molar-refractivity contribution >= 4 is 40.6 Å². The van der Waals surface area contributed by atoms with Crippen molar-refractivity contribution < 1.29 is 14.3 Å². The third kappa shape index (κ3) is 5.51. The molecule has 0 aromatic carbocycles. The van der Waals surface area contributed by atoms with Crippen LogP contribution in [0.4, 0.5) is 5.95 Å². The van der Waals surface area contributed by atoms with Crippen LogP contribution in [0.15, 0.2) is 41.2 Å². The van der Waals surface area contributed by atoms with E-state index in [-0.39, 0.29) is 6.61 Å². The quantitative estimate of drug-likeness (QED) is 0.326. The number of nitrogens with zero attached hydrogens (tertiary/aromatic N) is 4. The van der Waals surface area contributed by atoms with Crippen LogP contribution in [0.2, 0.25) is 0 Å². The van der Waals surface area contributed by atoms with Gasteiger partial charge < -0.3 is 24.6 Å². The topological polar surface area (TPSA) is 79.8 Å². The van der Waals surface area contributed by atoms with Gasteiger partial charge >= 0.3 is 5.97 Å². The van der Waals surface area contributed by atoms with Gasteiger partial charge in [0.1, 0.15) is 6.61 Å². The summed E-state index contributed by atoms with van der Waals surface area (Å²) in [6.45, 7) is 5.05. The van der Waals surface area contributed by atoms with Crippen molar-refractivity contribution in [1.82, 2.24) is 20.2 Å². The van der Waals surface area contributed by atoms with Gasteiger partial charge in [0.15, 0.2) is 5.11 Å². The van der Waals surface area contributed by atoms with Crippen molar-refractivity contribution in [3.63, 3.8) is 0 Å². The summed E-state index contributed by atoms with van der Waals surface area (Å²) in [5.41, 5.74) is 2.07. The fourth-order valence-electron chi connectivity index (χ4n) is 4.10. The van der Waals surface area contributed by atoms with E-state index in [4.69, 9.17) is 21.7 Å². The molecular weight excluding hydrogens is 458 g/mol. The molecule has 10 heteroatoms. The molecule has 2 aliphatic rings. The van der Waals surface area contributed by atoms with E-state index >= 15 is 0 Å². The Balaban J connectivity index is 1.60. The van der Waals surface area contributed by atoms with E-state index in [0.29, 0.717) is 23.8 Å². The molecule has 8 nitrogen and oxygen atoms in total. The Bertz CT molecular complexity index is 988. The number of carbonyl (C=O) groups excluding carboxylic acids is 1. The van der Waals surface area contributed by atoms with Crippen molar-refractivity contribution in [2.24, 2.45) is 0 Å². The third-order valence-corrected chi connectivity index (χ3v) is 7.15. The van der Waals surface area contributed by atoms with Gasteiger partial charge in [-0.3, -0.25) is 0 Å². The summed E-state index contributed by atoms with van der Waals surface area (Å²) in [6.07, 6.45) is 6.70. The largest absolute Gasteiger partial charge is 0.460 e. The number of esters is 1. The first-order valence-electron chi connectivity index (χ1n) is 11.1. The lowest BCUT2D eigenvalue weighted by Crippen LogP contribution is -2.48. The highest BCUT2D eigenvalue weighted by Gasteiger charge is 2.35. The van der Waals surface area contributed by atoms with Gasteiger partial charge in [0, 0.05) is 55.3 Å². The van der Waals surface area contributed by atoms with Crippen LogP contribution in [0.1, 0.15) is 36.2 Å². The van der Waals surface area contributed by atoms with Crippen LogP contribution in [-0.4, -0.2) is 65.9 Å². The smallest absolute Gasteiger partial charge is 0.338 e. The van der Waals surface area contributed by atoms with Crippen LogP contribution in [-0.2, 0) is 20.7 Å². The highest BCUT2D eigenvalue weighted by atomic mass is 32.1. The van der Waals surface area contributed by atoms with Gasteiger partial charge in [-0.25, -0.2) is 14.8 Å². The molecule has 1 N–H and O–H groups in total. The zero-order valence-electron chi connectivity index (χ0n) is 19.0. The summed E-state index contributed by atoms with van der Waals surface area (Å²) in [6, 6.07) is 3.67. The number of thiocarbonyl (C=S) groups is 1. The monoisotopic (exact) mass is 487 g/mol. The average molecular weight is 488 g/mol. The predicted molar refractivity (Wildman–Crippen MR) is 132 cm³/mol. The number of allylic oxidation sites excluding steroid dienone is 1. The lowest BCUT2D eigenvalue weighted by atomic mass is 9.97. The van der Waals surface area contributed by atoms with Gasteiger partial charge in [0.2, 0.25) is 5.95 Å². The van der Waals surface area contributed by atoms with Gasteiger partial charge in [-0.1, -0.05) is 6.07 Å². The summed E-state index contributed by atoms with van der Waals surface area (Å²) >= 11 is 7.41. The number of rotatable bonds is 9. The first-order chi connectivity index (χ1) is 16.1.